The van der Waals surface area contributed by atoms with Crippen LogP contribution in [-0.2, 0) is 63.5 Å². The van der Waals surface area contributed by atoms with E-state index >= 15 is 0 Å². The molecule has 1 aliphatic rings. The number of aromatic nitrogens is 2. The summed E-state index contributed by atoms with van der Waals surface area (Å²) in [7, 11) is -5.77. The average molecular weight is 910 g/mol. The van der Waals surface area contributed by atoms with Crippen LogP contribution in [0.2, 0.25) is 0 Å². The second kappa shape index (κ2) is 27.4. The zero-order chi connectivity index (χ0) is 45.6. The molecule has 29 nitrogen and oxygen atoms in total. The first-order valence-electron chi connectivity index (χ1n) is 18.3. The number of aliphatic hydroxyl groups is 6. The van der Waals surface area contributed by atoms with Crippen molar-refractivity contribution in [2.75, 3.05) is 84.9 Å². The first kappa shape index (κ1) is 53.4. The number of carboxylic acids is 1. The van der Waals surface area contributed by atoms with Gasteiger partial charge in [-0.05, 0) is 0 Å². The van der Waals surface area contributed by atoms with Crippen LogP contribution < -0.4 is 33.3 Å². The van der Waals surface area contributed by atoms with Gasteiger partial charge in [0.1, 0.15) is 6.61 Å². The normalized spacial score (nSPS) is 21.5. The molecule has 1 aromatic rings. The number of hydrogen-bond acceptors (Lipinski definition) is 24. The molecule has 0 saturated carbocycles. The van der Waals surface area contributed by atoms with E-state index in [-0.39, 0.29) is 65.0 Å². The standard InChI is InChI=1S/C31H56N7O22P/c32-22-1-4-38(30(50)36-22)17-56-21(19(42)13-39)15-58-61(51,52)60-31(29(48)49)11-18(41)26(28(59-31)27(47)20(43)14-40)37-24(45)12-35-23(44)2-5-53-7-9-55-10-8-54-6-3-34-25(46)16-57-33/h1,4,18-21,26-28,39-43,47,51-52,61H,2-3,5-17,33H2,(H,34,46)(H,35,44)(H,37,45)(H,48,49)(H2,32,36,50)/t18?,19?,20-,21-,26-,27-,28?,31-/m1/s1. The predicted octanol–water partition coefficient (Wildman–Crippen LogP) is -8.36. The van der Waals surface area contributed by atoms with Gasteiger partial charge in [0.25, 0.3) is 0 Å². The van der Waals surface area contributed by atoms with Crippen LogP contribution >= 0.6 is 8.17 Å². The van der Waals surface area contributed by atoms with Crippen LogP contribution in [0, 0.1) is 0 Å². The van der Waals surface area contributed by atoms with Crippen LogP contribution in [0.15, 0.2) is 17.1 Å². The monoisotopic (exact) mass is 909 g/mol. The minimum absolute atomic E-state index is 0.0676. The molecule has 0 radical (unpaired) electrons. The summed E-state index contributed by atoms with van der Waals surface area (Å²) in [5.41, 5.74) is 4.56. The van der Waals surface area contributed by atoms with Gasteiger partial charge < -0.3 is 19.5 Å². The Bertz CT molecular complexity index is 1570. The maximum absolute atomic E-state index is 12.8. The molecule has 1 fully saturated rings. The molecule has 2 rings (SSSR count). The number of ether oxygens (including phenoxy) is 5. The van der Waals surface area contributed by atoms with Crippen molar-refractivity contribution in [2.45, 2.75) is 68.0 Å². The number of nitrogens with two attached hydrogens (primary N) is 2. The average Bonchev–Trinajstić information content (AvgIpc) is 3.20. The Morgan fingerprint density at radius 1 is 0.967 bits per heavy atom. The second-order valence-electron chi connectivity index (χ2n) is 12.9. The molecule has 2 heterocycles. The maximum atomic E-state index is 12.8. The predicted molar refractivity (Wildman–Crippen MR) is 201 cm³/mol. The third-order valence-corrected chi connectivity index (χ3v) is 9.40. The van der Waals surface area contributed by atoms with Crippen molar-refractivity contribution in [3.63, 3.8) is 0 Å². The summed E-state index contributed by atoms with van der Waals surface area (Å²) in [5, 5.41) is 78.2. The first-order chi connectivity index (χ1) is 28.9. The Morgan fingerprint density at radius 2 is 1.61 bits per heavy atom. The van der Waals surface area contributed by atoms with Gasteiger partial charge in [-0.1, -0.05) is 0 Å². The Balaban J connectivity index is 1.93. The van der Waals surface area contributed by atoms with Crippen LogP contribution in [0.5, 0.6) is 0 Å². The second-order valence-corrected chi connectivity index (χ2v) is 14.5. The number of aliphatic hydroxyl groups excluding tert-OH is 6. The molecular formula is C31H56N7O22P. The van der Waals surface area contributed by atoms with Crippen molar-refractivity contribution in [1.29, 1.82) is 0 Å². The number of aliphatic carboxylic acids is 1. The Hall–Kier alpha value is -3.69. The van der Waals surface area contributed by atoms with Crippen LogP contribution in [-0.4, -0.2) is 206 Å². The summed E-state index contributed by atoms with van der Waals surface area (Å²) in [4.78, 5) is 89.9. The number of anilines is 1. The van der Waals surface area contributed by atoms with Gasteiger partial charge in [-0.3, -0.25) is 9.63 Å². The summed E-state index contributed by atoms with van der Waals surface area (Å²) in [6, 6.07) is -0.536. The summed E-state index contributed by atoms with van der Waals surface area (Å²) in [5.74, 6) is -2.78. The number of rotatable bonds is 31. The van der Waals surface area contributed by atoms with Gasteiger partial charge >= 0.3 is 260 Å². The summed E-state index contributed by atoms with van der Waals surface area (Å²) < 4.78 is 37.4. The molecule has 30 heteroatoms. The summed E-state index contributed by atoms with van der Waals surface area (Å²) in [6.07, 6.45) is -12.2. The molecule has 1 aliphatic heterocycles. The molecule has 3 unspecified atom stereocenters. The number of carboxylic acid groups (broad SMARTS) is 1. The molecule has 0 aromatic carbocycles. The van der Waals surface area contributed by atoms with Crippen LogP contribution in [0.1, 0.15) is 12.8 Å². The van der Waals surface area contributed by atoms with E-state index in [2.05, 4.69) is 25.8 Å². The Kier molecular flexibility index (Phi) is 24.0. The third kappa shape index (κ3) is 19.1. The molecular weight excluding hydrogens is 853 g/mol. The van der Waals surface area contributed by atoms with E-state index in [4.69, 9.17) is 44.4 Å². The minimum atomic E-state index is -5.77. The van der Waals surface area contributed by atoms with Gasteiger partial charge in [-0.25, -0.2) is 5.90 Å². The molecule has 8 atom stereocenters. The number of carbonyl (C=O) groups is 4. The molecule has 0 aliphatic carbocycles. The van der Waals surface area contributed by atoms with Crippen molar-refractivity contribution in [3.8, 4) is 0 Å². The molecule has 352 valence electrons. The van der Waals surface area contributed by atoms with Crippen molar-refractivity contribution >= 4 is 37.7 Å². The fraction of sp³-hybridized carbons (Fsp3) is 0.742. The molecule has 16 N–H and O–H groups in total. The van der Waals surface area contributed by atoms with Gasteiger partial charge in [-0.15, -0.1) is 0 Å². The molecule has 0 bridgehead atoms. The van der Waals surface area contributed by atoms with Gasteiger partial charge in [0, 0.05) is 6.54 Å². The van der Waals surface area contributed by atoms with E-state index in [0.29, 0.717) is 0 Å². The zero-order valence-electron chi connectivity index (χ0n) is 32.7. The van der Waals surface area contributed by atoms with Crippen LogP contribution in [0.3, 0.4) is 0 Å². The van der Waals surface area contributed by atoms with Crippen molar-refractivity contribution < 1.29 is 102 Å². The van der Waals surface area contributed by atoms with E-state index in [1.165, 1.54) is 12.3 Å². The number of nitrogen functional groups attached to an aromatic ring is 1. The molecule has 3 amide bonds. The van der Waals surface area contributed by atoms with E-state index in [1.807, 2.05) is 0 Å². The molecule has 0 spiro atoms. The fourth-order valence-corrected chi connectivity index (χ4v) is 6.22. The van der Waals surface area contributed by atoms with E-state index in [0.717, 1.165) is 4.57 Å². The third-order valence-electron chi connectivity index (χ3n) is 8.26. The first-order valence-corrected chi connectivity index (χ1v) is 20.1. The van der Waals surface area contributed by atoms with E-state index in [9.17, 15) is 69.5 Å². The summed E-state index contributed by atoms with van der Waals surface area (Å²) in [6.45, 7) is -3.56. The van der Waals surface area contributed by atoms with E-state index < -0.39 is 126 Å². The topological polar surface area (TPSA) is 447 Å². The molecule has 1 saturated heterocycles. The van der Waals surface area contributed by atoms with Crippen molar-refractivity contribution in [2.24, 2.45) is 5.90 Å². The van der Waals surface area contributed by atoms with Crippen molar-refractivity contribution in [3.05, 3.63) is 22.7 Å². The molecule has 61 heavy (non-hydrogen) atoms. The number of nitrogens with one attached hydrogen (secondary N) is 3. The van der Waals surface area contributed by atoms with Crippen LogP contribution in [0.4, 0.5) is 5.82 Å². The van der Waals surface area contributed by atoms with E-state index in [1.54, 1.807) is 0 Å². The number of carbonyl (C=O) groups excluding carboxylic acids is 3. The number of hydrogen-bond donors (Lipinski definition) is 14. The van der Waals surface area contributed by atoms with Crippen LogP contribution in [0.25, 0.3) is 0 Å². The summed E-state index contributed by atoms with van der Waals surface area (Å²) >= 11 is 0. The fourth-order valence-electron chi connectivity index (χ4n) is 5.14. The van der Waals surface area contributed by atoms with Crippen molar-refractivity contribution in [1.82, 2.24) is 25.5 Å². The Labute approximate surface area is 347 Å². The number of nitrogens with zero attached hydrogens (tertiary/aromatic N) is 2. The van der Waals surface area contributed by atoms with Gasteiger partial charge in [0.15, 0.2) is 0 Å². The quantitative estimate of drug-likeness (QED) is 0.0187. The zero-order valence-corrected chi connectivity index (χ0v) is 33.7. The van der Waals surface area contributed by atoms with Gasteiger partial charge in [-0.2, -0.15) is 0 Å². The Morgan fingerprint density at radius 3 is 2.21 bits per heavy atom. The SMILES string of the molecule is NOCC(=O)NCCOCCOCCOCCC(=O)NCC(=O)N[C@@H]1C(O)C[C@@](O[PH](O)(O)OC[C@@H](OCn2ccc(N)nc2=O)C(O)CO)(C(=O)O)OC1[C@H](O)[C@H](O)CO. The van der Waals surface area contributed by atoms with Gasteiger partial charge in [0.05, 0.1) is 33.0 Å². The number of amides is 3. The van der Waals surface area contributed by atoms with Gasteiger partial charge in [0.2, 0.25) is 5.91 Å². The molecule has 1 aromatic heterocycles.